The summed E-state index contributed by atoms with van der Waals surface area (Å²) < 4.78 is 0. The van der Waals surface area contributed by atoms with Crippen LogP contribution in [0, 0.1) is 0 Å². The first-order chi connectivity index (χ1) is 10.8. The molecule has 0 amide bonds. The predicted octanol–water partition coefficient (Wildman–Crippen LogP) is 4.38. The number of halogens is 2. The molecule has 3 rings (SSSR count). The molecule has 0 saturated carbocycles. The number of hydrogen-bond acceptors (Lipinski definition) is 4. The van der Waals surface area contributed by atoms with Gasteiger partial charge in [0.1, 0.15) is 5.02 Å². The number of aromatic nitrogens is 3. The molecule has 0 aliphatic rings. The smallest absolute Gasteiger partial charge is 0.175 e. The van der Waals surface area contributed by atoms with E-state index < -0.39 is 0 Å². The predicted molar refractivity (Wildman–Crippen MR) is 88.2 cm³/mol. The van der Waals surface area contributed by atoms with E-state index >= 15 is 0 Å². The van der Waals surface area contributed by atoms with Crippen molar-refractivity contribution < 1.29 is 0 Å². The second-order valence-corrected chi connectivity index (χ2v) is 5.38. The van der Waals surface area contributed by atoms with Crippen molar-refractivity contribution in [3.05, 3.63) is 82.0 Å². The summed E-state index contributed by atoms with van der Waals surface area (Å²) in [5, 5.41) is 14.8. The molecule has 4 nitrogen and oxygen atoms in total. The number of nitrogens with one attached hydrogen (secondary N) is 1. The maximum atomic E-state index is 6.15. The molecular formula is C16H12Cl2N4. The fourth-order valence-electron chi connectivity index (χ4n) is 2.17. The lowest BCUT2D eigenvalue weighted by atomic mass is 9.99. The van der Waals surface area contributed by atoms with Crippen LogP contribution in [0.1, 0.15) is 17.2 Å². The Hall–Kier alpha value is -2.17. The Morgan fingerprint density at radius 3 is 1.86 bits per heavy atom. The molecule has 6 heteroatoms. The molecule has 3 aromatic rings. The summed E-state index contributed by atoms with van der Waals surface area (Å²) >= 11 is 12.1. The van der Waals surface area contributed by atoms with Crippen LogP contribution in [0.5, 0.6) is 0 Å². The van der Waals surface area contributed by atoms with Gasteiger partial charge < -0.3 is 5.32 Å². The molecule has 0 radical (unpaired) electrons. The van der Waals surface area contributed by atoms with Gasteiger partial charge in [-0.05, 0) is 16.3 Å². The van der Waals surface area contributed by atoms with Crippen LogP contribution in [0.15, 0.2) is 60.7 Å². The molecule has 22 heavy (non-hydrogen) atoms. The Morgan fingerprint density at radius 2 is 1.32 bits per heavy atom. The van der Waals surface area contributed by atoms with Crippen molar-refractivity contribution in [2.75, 3.05) is 5.32 Å². The van der Waals surface area contributed by atoms with Crippen molar-refractivity contribution in [3.8, 4) is 0 Å². The summed E-state index contributed by atoms with van der Waals surface area (Å²) in [6.07, 6.45) is 0. The minimum absolute atomic E-state index is 0.118. The van der Waals surface area contributed by atoms with E-state index in [1.807, 2.05) is 60.7 Å². The van der Waals surface area contributed by atoms with Gasteiger partial charge in [0.2, 0.25) is 0 Å². The second kappa shape index (κ2) is 6.73. The van der Waals surface area contributed by atoms with Crippen LogP contribution in [0.3, 0.4) is 0 Å². The zero-order valence-electron chi connectivity index (χ0n) is 11.4. The molecule has 0 fully saturated rings. The van der Waals surface area contributed by atoms with Crippen LogP contribution < -0.4 is 5.32 Å². The molecule has 0 bridgehead atoms. The SMILES string of the molecule is Clc1nnnc(NC(c2ccccc2)c2ccccc2)c1Cl. The van der Waals surface area contributed by atoms with Gasteiger partial charge in [-0.1, -0.05) is 83.9 Å². The van der Waals surface area contributed by atoms with Crippen LogP contribution in [0.2, 0.25) is 10.2 Å². The third-order valence-corrected chi connectivity index (χ3v) is 3.93. The molecule has 1 heterocycles. The van der Waals surface area contributed by atoms with Gasteiger partial charge in [0.25, 0.3) is 0 Å². The molecule has 110 valence electrons. The molecule has 0 atom stereocenters. The Morgan fingerprint density at radius 1 is 0.773 bits per heavy atom. The van der Waals surface area contributed by atoms with Crippen molar-refractivity contribution in [1.29, 1.82) is 0 Å². The Labute approximate surface area is 138 Å². The molecular weight excluding hydrogens is 319 g/mol. The van der Waals surface area contributed by atoms with E-state index in [0.29, 0.717) is 5.82 Å². The van der Waals surface area contributed by atoms with Crippen molar-refractivity contribution in [2.45, 2.75) is 6.04 Å². The molecule has 0 spiro atoms. The van der Waals surface area contributed by atoms with E-state index in [2.05, 4.69) is 20.7 Å². The van der Waals surface area contributed by atoms with Crippen molar-refractivity contribution in [1.82, 2.24) is 15.4 Å². The van der Waals surface area contributed by atoms with Gasteiger partial charge in [0.05, 0.1) is 6.04 Å². The minimum atomic E-state index is -0.118. The minimum Gasteiger partial charge on any atom is -0.356 e. The fourth-order valence-corrected chi connectivity index (χ4v) is 2.42. The Bertz CT molecular complexity index is 711. The average Bonchev–Trinajstić information content (AvgIpc) is 2.58. The van der Waals surface area contributed by atoms with Crippen LogP contribution >= 0.6 is 23.2 Å². The summed E-state index contributed by atoms with van der Waals surface area (Å²) in [5.74, 6) is 0.402. The highest BCUT2D eigenvalue weighted by Gasteiger charge is 2.17. The summed E-state index contributed by atoms with van der Waals surface area (Å²) in [5.41, 5.74) is 2.17. The van der Waals surface area contributed by atoms with Gasteiger partial charge in [-0.3, -0.25) is 0 Å². The Kier molecular flexibility index (Phi) is 4.51. The van der Waals surface area contributed by atoms with E-state index in [1.54, 1.807) is 0 Å². The van der Waals surface area contributed by atoms with Gasteiger partial charge in [-0.15, -0.1) is 10.2 Å². The fraction of sp³-hybridized carbons (Fsp3) is 0.0625. The molecule has 0 unspecified atom stereocenters. The normalized spacial score (nSPS) is 10.7. The van der Waals surface area contributed by atoms with Crippen LogP contribution in [0.4, 0.5) is 5.82 Å². The van der Waals surface area contributed by atoms with Gasteiger partial charge in [0.15, 0.2) is 11.0 Å². The van der Waals surface area contributed by atoms with E-state index in [4.69, 9.17) is 23.2 Å². The maximum absolute atomic E-state index is 6.15. The highest BCUT2D eigenvalue weighted by molar-refractivity contribution is 6.42. The van der Waals surface area contributed by atoms with Gasteiger partial charge in [0, 0.05) is 0 Å². The largest absolute Gasteiger partial charge is 0.356 e. The number of rotatable bonds is 4. The standard InChI is InChI=1S/C16H12Cl2N4/c17-13-15(18)20-22-21-16(13)19-14(11-7-3-1-4-8-11)12-9-5-2-6-10-12/h1-10,14H,(H,19,20,21). The molecule has 1 aromatic heterocycles. The molecule has 0 saturated heterocycles. The Balaban J connectivity index is 2.01. The quantitative estimate of drug-likeness (QED) is 0.771. The average molecular weight is 331 g/mol. The number of anilines is 1. The van der Waals surface area contributed by atoms with Crippen LogP contribution in [-0.4, -0.2) is 15.4 Å². The lowest BCUT2D eigenvalue weighted by molar-refractivity contribution is 0.841. The monoisotopic (exact) mass is 330 g/mol. The number of nitrogens with zero attached hydrogens (tertiary/aromatic N) is 3. The van der Waals surface area contributed by atoms with Gasteiger partial charge >= 0.3 is 0 Å². The zero-order valence-corrected chi connectivity index (χ0v) is 13.0. The summed E-state index contributed by atoms with van der Waals surface area (Å²) in [7, 11) is 0. The topological polar surface area (TPSA) is 50.7 Å². The van der Waals surface area contributed by atoms with Crippen molar-refractivity contribution in [3.63, 3.8) is 0 Å². The van der Waals surface area contributed by atoms with Crippen LogP contribution in [-0.2, 0) is 0 Å². The molecule has 1 N–H and O–H groups in total. The highest BCUT2D eigenvalue weighted by atomic mass is 35.5. The summed E-state index contributed by atoms with van der Waals surface area (Å²) in [6.45, 7) is 0. The summed E-state index contributed by atoms with van der Waals surface area (Å²) in [4.78, 5) is 0. The second-order valence-electron chi connectivity index (χ2n) is 4.64. The number of benzene rings is 2. The van der Waals surface area contributed by atoms with E-state index in [0.717, 1.165) is 11.1 Å². The third kappa shape index (κ3) is 3.18. The maximum Gasteiger partial charge on any atom is 0.175 e. The first-order valence-corrected chi connectivity index (χ1v) is 7.42. The van der Waals surface area contributed by atoms with E-state index in [1.165, 1.54) is 0 Å². The van der Waals surface area contributed by atoms with E-state index in [-0.39, 0.29) is 16.2 Å². The van der Waals surface area contributed by atoms with Crippen molar-refractivity contribution >= 4 is 29.0 Å². The zero-order chi connectivity index (χ0) is 15.4. The lowest BCUT2D eigenvalue weighted by Crippen LogP contribution is -2.14. The summed E-state index contributed by atoms with van der Waals surface area (Å²) in [6, 6.07) is 19.9. The van der Waals surface area contributed by atoms with Crippen LogP contribution in [0.25, 0.3) is 0 Å². The number of hydrogen-bond donors (Lipinski definition) is 1. The first kappa shape index (κ1) is 14.8. The molecule has 2 aromatic carbocycles. The van der Waals surface area contributed by atoms with E-state index in [9.17, 15) is 0 Å². The van der Waals surface area contributed by atoms with Crippen molar-refractivity contribution in [2.24, 2.45) is 0 Å². The van der Waals surface area contributed by atoms with Gasteiger partial charge in [-0.25, -0.2) is 0 Å². The molecule has 0 aliphatic heterocycles. The first-order valence-electron chi connectivity index (χ1n) is 6.66. The highest BCUT2D eigenvalue weighted by Crippen LogP contribution is 2.31. The van der Waals surface area contributed by atoms with Gasteiger partial charge in [-0.2, -0.15) is 0 Å². The molecule has 0 aliphatic carbocycles. The lowest BCUT2D eigenvalue weighted by Gasteiger charge is -2.20. The third-order valence-electron chi connectivity index (χ3n) is 3.21.